The van der Waals surface area contributed by atoms with Crippen LogP contribution in [-0.4, -0.2) is 26.7 Å². The number of sulfone groups is 1. The van der Waals surface area contributed by atoms with Crippen LogP contribution in [0.15, 0.2) is 56.7 Å². The van der Waals surface area contributed by atoms with Crippen molar-refractivity contribution in [3.63, 3.8) is 0 Å². The first kappa shape index (κ1) is 18.9. The zero-order chi connectivity index (χ0) is 17.4. The Hall–Kier alpha value is -1.86. The molecule has 0 amide bonds. The number of hydrogen-bond acceptors (Lipinski definition) is 5. The second-order valence-corrected chi connectivity index (χ2v) is 8.13. The average Bonchev–Trinajstić information content (AvgIpc) is 3.02. The number of rotatable bonds is 4. The number of hydrogen-bond donors (Lipinski definition) is 2. The molecule has 4 rings (SSSR count). The van der Waals surface area contributed by atoms with Crippen molar-refractivity contribution in [1.29, 1.82) is 0 Å². The van der Waals surface area contributed by atoms with Crippen LogP contribution in [0.1, 0.15) is 16.9 Å². The van der Waals surface area contributed by atoms with Crippen LogP contribution < -0.4 is 5.32 Å². The van der Waals surface area contributed by atoms with Gasteiger partial charge in [0.05, 0.1) is 9.79 Å². The highest BCUT2D eigenvalue weighted by molar-refractivity contribution is 7.91. The summed E-state index contributed by atoms with van der Waals surface area (Å²) in [4.78, 5) is 0.503. The van der Waals surface area contributed by atoms with E-state index in [0.29, 0.717) is 18.5 Å². The summed E-state index contributed by atoms with van der Waals surface area (Å²) >= 11 is 0. The Bertz CT molecular complexity index is 1030. The van der Waals surface area contributed by atoms with Gasteiger partial charge in [-0.05, 0) is 36.2 Å². The fourth-order valence-electron chi connectivity index (χ4n) is 3.35. The van der Waals surface area contributed by atoms with E-state index in [9.17, 15) is 13.5 Å². The molecule has 0 radical (unpaired) electrons. The summed E-state index contributed by atoms with van der Waals surface area (Å²) in [6.45, 7) is 1.45. The molecule has 2 heterocycles. The quantitative estimate of drug-likeness (QED) is 0.712. The van der Waals surface area contributed by atoms with Crippen molar-refractivity contribution in [1.82, 2.24) is 5.32 Å². The van der Waals surface area contributed by atoms with Crippen LogP contribution >= 0.6 is 12.4 Å². The van der Waals surface area contributed by atoms with Gasteiger partial charge >= 0.3 is 0 Å². The van der Waals surface area contributed by atoms with Crippen molar-refractivity contribution in [2.45, 2.75) is 29.2 Å². The van der Waals surface area contributed by atoms with Gasteiger partial charge in [-0.3, -0.25) is 0 Å². The van der Waals surface area contributed by atoms with E-state index in [1.807, 2.05) is 0 Å². The van der Waals surface area contributed by atoms with E-state index in [1.54, 1.807) is 42.5 Å². The van der Waals surface area contributed by atoms with E-state index in [2.05, 4.69) is 5.32 Å². The van der Waals surface area contributed by atoms with Crippen LogP contribution in [0.25, 0.3) is 11.0 Å². The van der Waals surface area contributed by atoms with Gasteiger partial charge in [-0.2, -0.15) is 0 Å². The lowest BCUT2D eigenvalue weighted by Crippen LogP contribution is -2.22. The minimum absolute atomic E-state index is 0. The lowest BCUT2D eigenvalue weighted by atomic mass is 10.0. The number of nitrogens with one attached hydrogen (secondary N) is 1. The van der Waals surface area contributed by atoms with Gasteiger partial charge in [0.1, 0.15) is 11.3 Å². The third-order valence-electron chi connectivity index (χ3n) is 4.60. The molecule has 0 bridgehead atoms. The Labute approximate surface area is 158 Å². The summed E-state index contributed by atoms with van der Waals surface area (Å²) in [6, 6.07) is 11.7. The summed E-state index contributed by atoms with van der Waals surface area (Å²) in [5, 5.41) is 13.5. The van der Waals surface area contributed by atoms with Gasteiger partial charge in [-0.15, -0.1) is 12.4 Å². The van der Waals surface area contributed by atoms with Gasteiger partial charge in [-0.1, -0.05) is 18.2 Å². The second-order valence-electron chi connectivity index (χ2n) is 6.18. The summed E-state index contributed by atoms with van der Waals surface area (Å²) in [6.07, 6.45) is 1.14. The summed E-state index contributed by atoms with van der Waals surface area (Å²) in [5.41, 5.74) is 2.43. The van der Waals surface area contributed by atoms with Crippen molar-refractivity contribution in [3.8, 4) is 0 Å². The van der Waals surface area contributed by atoms with Crippen LogP contribution in [0, 0.1) is 0 Å². The van der Waals surface area contributed by atoms with Crippen LogP contribution in [0.5, 0.6) is 0 Å². The number of halogens is 1. The molecule has 2 aromatic carbocycles. The van der Waals surface area contributed by atoms with Gasteiger partial charge in [0.15, 0.2) is 0 Å². The van der Waals surface area contributed by atoms with Crippen LogP contribution in [0.2, 0.25) is 0 Å². The molecule has 0 saturated heterocycles. The van der Waals surface area contributed by atoms with Gasteiger partial charge < -0.3 is 14.8 Å². The minimum atomic E-state index is -3.62. The molecule has 1 aliphatic heterocycles. The fraction of sp³-hybridized carbons (Fsp3) is 0.263. The fourth-order valence-corrected chi connectivity index (χ4v) is 4.71. The third kappa shape index (κ3) is 3.14. The van der Waals surface area contributed by atoms with Crippen LogP contribution in [-0.2, 0) is 29.2 Å². The number of aliphatic hydroxyl groups is 1. The largest absolute Gasteiger partial charge is 0.460 e. The molecule has 0 atom stereocenters. The van der Waals surface area contributed by atoms with Crippen molar-refractivity contribution < 1.29 is 17.9 Å². The molecule has 0 unspecified atom stereocenters. The van der Waals surface area contributed by atoms with E-state index in [4.69, 9.17) is 4.42 Å². The summed E-state index contributed by atoms with van der Waals surface area (Å²) in [5.74, 6) is 0.905. The standard InChI is InChI=1S/C19H19NO4S.ClH/c21-9-7-13-10-15(25(22,23)14-4-2-1-3-5-14)11-16-17-12-20-8-6-18(17)24-19(13)16;/h1-5,10-11,20-21H,6-9,12H2;1H. The van der Waals surface area contributed by atoms with Crippen molar-refractivity contribution in [3.05, 3.63) is 59.4 Å². The average molecular weight is 394 g/mol. The molecule has 0 fully saturated rings. The molecule has 138 valence electrons. The van der Waals surface area contributed by atoms with Crippen molar-refractivity contribution in [2.24, 2.45) is 0 Å². The number of furan rings is 1. The Balaban J connectivity index is 0.00000196. The smallest absolute Gasteiger partial charge is 0.206 e. The van der Waals surface area contributed by atoms with Crippen LogP contribution in [0.3, 0.4) is 0 Å². The van der Waals surface area contributed by atoms with E-state index in [-0.39, 0.29) is 28.8 Å². The molecule has 7 heteroatoms. The molecule has 1 aliphatic rings. The van der Waals surface area contributed by atoms with Gasteiger partial charge in [0.25, 0.3) is 0 Å². The van der Waals surface area contributed by atoms with E-state index < -0.39 is 9.84 Å². The summed E-state index contributed by atoms with van der Waals surface area (Å²) in [7, 11) is -3.62. The Kier molecular flexibility index (Phi) is 5.39. The molecule has 3 aromatic rings. The van der Waals surface area contributed by atoms with E-state index >= 15 is 0 Å². The van der Waals surface area contributed by atoms with Crippen molar-refractivity contribution >= 4 is 33.2 Å². The van der Waals surface area contributed by atoms with Gasteiger partial charge in [-0.25, -0.2) is 8.42 Å². The molecule has 2 N–H and O–H groups in total. The summed E-state index contributed by atoms with van der Waals surface area (Å²) < 4.78 is 32.0. The lowest BCUT2D eigenvalue weighted by Gasteiger charge is -2.11. The monoisotopic (exact) mass is 393 g/mol. The maximum absolute atomic E-state index is 13.0. The highest BCUT2D eigenvalue weighted by Crippen LogP contribution is 2.34. The minimum Gasteiger partial charge on any atom is -0.460 e. The first-order valence-electron chi connectivity index (χ1n) is 8.30. The number of fused-ring (bicyclic) bond motifs is 3. The van der Waals surface area contributed by atoms with E-state index in [1.165, 1.54) is 0 Å². The molecule has 1 aromatic heterocycles. The predicted octanol–water partition coefficient (Wildman–Crippen LogP) is 2.87. The van der Waals surface area contributed by atoms with E-state index in [0.717, 1.165) is 35.2 Å². The maximum atomic E-state index is 13.0. The predicted molar refractivity (Wildman–Crippen MR) is 102 cm³/mol. The highest BCUT2D eigenvalue weighted by Gasteiger charge is 2.24. The SMILES string of the molecule is Cl.O=S(=O)(c1ccccc1)c1cc(CCO)c2oc3c(c2c1)CNCC3. The second kappa shape index (κ2) is 7.40. The first-order chi connectivity index (χ1) is 12.1. The number of aliphatic hydroxyl groups excluding tert-OH is 1. The third-order valence-corrected chi connectivity index (χ3v) is 6.35. The molecular weight excluding hydrogens is 374 g/mol. The maximum Gasteiger partial charge on any atom is 0.206 e. The Morgan fingerprint density at radius 3 is 2.62 bits per heavy atom. The molecule has 0 aliphatic carbocycles. The zero-order valence-corrected chi connectivity index (χ0v) is 15.7. The van der Waals surface area contributed by atoms with Gasteiger partial charge in [0.2, 0.25) is 9.84 Å². The molecule has 5 nitrogen and oxygen atoms in total. The number of benzene rings is 2. The van der Waals surface area contributed by atoms with Crippen LogP contribution in [0.4, 0.5) is 0 Å². The topological polar surface area (TPSA) is 79.5 Å². The molecule has 26 heavy (non-hydrogen) atoms. The molecule has 0 spiro atoms. The zero-order valence-electron chi connectivity index (χ0n) is 14.1. The Morgan fingerprint density at radius 2 is 1.88 bits per heavy atom. The first-order valence-corrected chi connectivity index (χ1v) is 9.78. The molecular formula is C19H20ClNO4S. The van der Waals surface area contributed by atoms with Crippen molar-refractivity contribution in [2.75, 3.05) is 13.2 Å². The van der Waals surface area contributed by atoms with Gasteiger partial charge in [0, 0.05) is 37.1 Å². The highest BCUT2D eigenvalue weighted by atomic mass is 35.5. The lowest BCUT2D eigenvalue weighted by molar-refractivity contribution is 0.299. The normalized spacial score (nSPS) is 14.0. The molecule has 0 saturated carbocycles. The Morgan fingerprint density at radius 1 is 1.12 bits per heavy atom.